The van der Waals surface area contributed by atoms with Crippen molar-refractivity contribution in [2.24, 2.45) is 23.2 Å². The quantitative estimate of drug-likeness (QED) is 0.772. The van der Waals surface area contributed by atoms with Crippen LogP contribution in [0.4, 0.5) is 0 Å². The number of ketones is 1. The number of carbonyl (C=O) groups excluding carboxylic acids is 1. The van der Waals surface area contributed by atoms with Crippen LogP contribution in [0.3, 0.4) is 0 Å². The summed E-state index contributed by atoms with van der Waals surface area (Å²) in [5.41, 5.74) is 0.00109. The van der Waals surface area contributed by atoms with E-state index in [9.17, 15) is 4.79 Å². The Morgan fingerprint density at radius 1 is 1.09 bits per heavy atom. The van der Waals surface area contributed by atoms with Gasteiger partial charge < -0.3 is 4.42 Å². The molecule has 5 heteroatoms. The maximum absolute atomic E-state index is 12.9. The Bertz CT molecular complexity index is 572. The summed E-state index contributed by atoms with van der Waals surface area (Å²) in [5, 5.41) is 8.77. The van der Waals surface area contributed by atoms with Gasteiger partial charge in [0.15, 0.2) is 0 Å². The van der Waals surface area contributed by atoms with Crippen LogP contribution in [0, 0.1) is 23.2 Å². The van der Waals surface area contributed by atoms with Gasteiger partial charge in [0.05, 0.1) is 5.75 Å². The van der Waals surface area contributed by atoms with Gasteiger partial charge in [0, 0.05) is 11.3 Å². The highest BCUT2D eigenvalue weighted by molar-refractivity contribution is 7.99. The van der Waals surface area contributed by atoms with Crippen molar-refractivity contribution in [1.29, 1.82) is 0 Å². The molecule has 118 valence electrons. The van der Waals surface area contributed by atoms with E-state index in [-0.39, 0.29) is 5.41 Å². The molecule has 0 aliphatic heterocycles. The van der Waals surface area contributed by atoms with Crippen LogP contribution in [0.15, 0.2) is 9.64 Å². The Balaban J connectivity index is 1.26. The van der Waals surface area contributed by atoms with Gasteiger partial charge in [-0.2, -0.15) is 0 Å². The minimum atomic E-state index is 0.00109. The van der Waals surface area contributed by atoms with Crippen LogP contribution in [0.25, 0.3) is 0 Å². The molecule has 0 spiro atoms. The fourth-order valence-electron chi connectivity index (χ4n) is 5.51. The van der Waals surface area contributed by atoms with Crippen molar-refractivity contribution in [3.05, 3.63) is 5.89 Å². The highest BCUT2D eigenvalue weighted by Crippen LogP contribution is 2.60. The molecule has 4 nitrogen and oxygen atoms in total. The predicted molar refractivity (Wildman–Crippen MR) is 82.6 cm³/mol. The second-order valence-electron chi connectivity index (χ2n) is 8.09. The second kappa shape index (κ2) is 4.83. The summed E-state index contributed by atoms with van der Waals surface area (Å²) in [5.74, 6) is 4.69. The molecule has 0 saturated heterocycles. The van der Waals surface area contributed by atoms with Crippen LogP contribution in [-0.4, -0.2) is 21.7 Å². The average Bonchev–Trinajstić information content (AvgIpc) is 3.22. The topological polar surface area (TPSA) is 56.0 Å². The van der Waals surface area contributed by atoms with Crippen LogP contribution in [0.1, 0.15) is 63.2 Å². The number of hydrogen-bond acceptors (Lipinski definition) is 5. The number of aromatic nitrogens is 2. The average molecular weight is 318 g/mol. The van der Waals surface area contributed by atoms with E-state index in [0.29, 0.717) is 22.7 Å². The van der Waals surface area contributed by atoms with E-state index < -0.39 is 0 Å². The van der Waals surface area contributed by atoms with E-state index in [1.54, 1.807) is 0 Å². The number of thioether (sulfide) groups is 1. The first-order valence-electron chi connectivity index (χ1n) is 8.70. The zero-order chi connectivity index (χ0) is 14.7. The highest BCUT2D eigenvalue weighted by atomic mass is 32.2. The van der Waals surface area contributed by atoms with Crippen LogP contribution in [-0.2, 0) is 4.79 Å². The molecule has 5 saturated carbocycles. The fourth-order valence-corrected chi connectivity index (χ4v) is 6.31. The number of nitrogens with zero attached hydrogens (tertiary/aromatic N) is 2. The third kappa shape index (κ3) is 2.24. The molecule has 0 amide bonds. The summed E-state index contributed by atoms with van der Waals surface area (Å²) in [6.45, 7) is 0. The van der Waals surface area contributed by atoms with E-state index in [0.717, 1.165) is 42.9 Å². The third-order valence-electron chi connectivity index (χ3n) is 6.31. The number of Topliss-reactive ketones (excluding diaryl/α,β-unsaturated/α-hetero) is 1. The van der Waals surface area contributed by atoms with Crippen molar-refractivity contribution in [2.75, 3.05) is 5.75 Å². The molecule has 22 heavy (non-hydrogen) atoms. The van der Waals surface area contributed by atoms with Crippen LogP contribution in [0.5, 0.6) is 0 Å². The van der Waals surface area contributed by atoms with Gasteiger partial charge in [-0.25, -0.2) is 0 Å². The summed E-state index contributed by atoms with van der Waals surface area (Å²) in [7, 11) is 0. The molecule has 0 atom stereocenters. The lowest BCUT2D eigenvalue weighted by Crippen LogP contribution is -2.50. The van der Waals surface area contributed by atoms with Gasteiger partial charge in [-0.05, 0) is 69.1 Å². The molecular formula is C17H22N2O2S. The van der Waals surface area contributed by atoms with Crippen molar-refractivity contribution in [3.8, 4) is 0 Å². The smallest absolute Gasteiger partial charge is 0.277 e. The van der Waals surface area contributed by atoms with Crippen molar-refractivity contribution < 1.29 is 9.21 Å². The van der Waals surface area contributed by atoms with Gasteiger partial charge in [-0.1, -0.05) is 11.8 Å². The SMILES string of the molecule is O=C(CSc1nnc(C2CC2)o1)C12CC3CC(CC(C3)C1)C2. The molecule has 1 heterocycles. The second-order valence-corrected chi connectivity index (χ2v) is 9.02. The molecule has 5 fully saturated rings. The minimum Gasteiger partial charge on any atom is -0.416 e. The normalized spacial score (nSPS) is 39.4. The van der Waals surface area contributed by atoms with Crippen LogP contribution >= 0.6 is 11.8 Å². The maximum Gasteiger partial charge on any atom is 0.277 e. The largest absolute Gasteiger partial charge is 0.416 e. The summed E-state index contributed by atoms with van der Waals surface area (Å²) in [6.07, 6.45) is 9.92. The van der Waals surface area contributed by atoms with Gasteiger partial charge in [0.1, 0.15) is 5.78 Å². The molecule has 0 N–H and O–H groups in total. The Labute approximate surface area is 134 Å². The standard InChI is InChI=1S/C17H22N2O2S/c20-14(9-22-16-19-18-15(21-16)13-1-2-13)17-6-10-3-11(7-17)5-12(4-10)8-17/h10-13H,1-9H2. The van der Waals surface area contributed by atoms with Crippen molar-refractivity contribution in [1.82, 2.24) is 10.2 Å². The van der Waals surface area contributed by atoms with E-state index in [1.807, 2.05) is 0 Å². The Morgan fingerprint density at radius 3 is 2.32 bits per heavy atom. The van der Waals surface area contributed by atoms with Gasteiger partial charge in [0.2, 0.25) is 5.89 Å². The monoisotopic (exact) mass is 318 g/mol. The number of carbonyl (C=O) groups is 1. The molecule has 5 aliphatic carbocycles. The number of rotatable bonds is 5. The van der Waals surface area contributed by atoms with E-state index in [1.165, 1.54) is 43.9 Å². The molecule has 1 aromatic rings. The van der Waals surface area contributed by atoms with Gasteiger partial charge >= 0.3 is 0 Å². The first-order valence-corrected chi connectivity index (χ1v) is 9.68. The Kier molecular flexibility index (Phi) is 2.98. The fraction of sp³-hybridized carbons (Fsp3) is 0.824. The van der Waals surface area contributed by atoms with Crippen molar-refractivity contribution >= 4 is 17.5 Å². The molecular weight excluding hydrogens is 296 g/mol. The zero-order valence-electron chi connectivity index (χ0n) is 12.8. The summed E-state index contributed by atoms with van der Waals surface area (Å²) in [6, 6.07) is 0. The summed E-state index contributed by atoms with van der Waals surface area (Å²) >= 11 is 1.45. The highest BCUT2D eigenvalue weighted by Gasteiger charge is 2.54. The van der Waals surface area contributed by atoms with Crippen LogP contribution in [0.2, 0.25) is 0 Å². The Hall–Kier alpha value is -0.840. The molecule has 4 bridgehead atoms. The minimum absolute atomic E-state index is 0.00109. The first-order chi connectivity index (χ1) is 10.7. The lowest BCUT2D eigenvalue weighted by Gasteiger charge is -2.55. The lowest BCUT2D eigenvalue weighted by atomic mass is 9.48. The Morgan fingerprint density at radius 2 is 1.73 bits per heavy atom. The van der Waals surface area contributed by atoms with Gasteiger partial charge in [0.25, 0.3) is 5.22 Å². The molecule has 6 rings (SSSR count). The molecule has 0 unspecified atom stereocenters. The van der Waals surface area contributed by atoms with E-state index in [2.05, 4.69) is 10.2 Å². The molecule has 1 aromatic heterocycles. The summed E-state index contributed by atoms with van der Waals surface area (Å²) in [4.78, 5) is 12.9. The third-order valence-corrected chi connectivity index (χ3v) is 7.12. The number of hydrogen-bond donors (Lipinski definition) is 0. The van der Waals surface area contributed by atoms with Gasteiger partial charge in [-0.3, -0.25) is 4.79 Å². The van der Waals surface area contributed by atoms with Crippen molar-refractivity contribution in [3.63, 3.8) is 0 Å². The lowest BCUT2D eigenvalue weighted by molar-refractivity contribution is -0.141. The predicted octanol–water partition coefficient (Wildman–Crippen LogP) is 3.82. The molecule has 0 radical (unpaired) electrons. The maximum atomic E-state index is 12.9. The first kappa shape index (κ1) is 13.6. The van der Waals surface area contributed by atoms with Crippen molar-refractivity contribution in [2.45, 2.75) is 62.5 Å². The van der Waals surface area contributed by atoms with Crippen LogP contribution < -0.4 is 0 Å². The van der Waals surface area contributed by atoms with E-state index in [4.69, 9.17) is 4.42 Å². The van der Waals surface area contributed by atoms with E-state index >= 15 is 0 Å². The summed E-state index contributed by atoms with van der Waals surface area (Å²) < 4.78 is 5.67. The molecule has 5 aliphatic rings. The zero-order valence-corrected chi connectivity index (χ0v) is 13.6. The molecule has 0 aromatic carbocycles. The van der Waals surface area contributed by atoms with Gasteiger partial charge in [-0.15, -0.1) is 10.2 Å².